The fraction of sp³-hybridized carbons (Fsp3) is 0.458. The van der Waals surface area contributed by atoms with E-state index in [0.717, 1.165) is 30.2 Å². The Balaban J connectivity index is 1.34. The first-order valence-electron chi connectivity index (χ1n) is 11.2. The maximum Gasteiger partial charge on any atom is 0.200 e. The third kappa shape index (κ3) is 3.90. The number of aromatic amines is 1. The summed E-state index contributed by atoms with van der Waals surface area (Å²) in [6.07, 6.45) is 6.53. The minimum atomic E-state index is -0.266. The lowest BCUT2D eigenvalue weighted by Gasteiger charge is -2.41. The van der Waals surface area contributed by atoms with E-state index in [4.69, 9.17) is 4.74 Å². The van der Waals surface area contributed by atoms with Gasteiger partial charge in [-0.1, -0.05) is 6.42 Å². The van der Waals surface area contributed by atoms with Crippen LogP contribution in [0.2, 0.25) is 0 Å². The zero-order chi connectivity index (χ0) is 21.4. The number of fused-ring (bicyclic) bond motifs is 1. The molecule has 0 radical (unpaired) electrons. The van der Waals surface area contributed by atoms with Crippen molar-refractivity contribution in [2.24, 2.45) is 0 Å². The highest BCUT2D eigenvalue weighted by Crippen LogP contribution is 2.39. The van der Waals surface area contributed by atoms with Crippen LogP contribution in [-0.4, -0.2) is 64.4 Å². The van der Waals surface area contributed by atoms with E-state index >= 15 is 0 Å². The molecule has 2 aliphatic rings. The highest BCUT2D eigenvalue weighted by molar-refractivity contribution is 5.83. The molecular formula is C24H30N4O3. The lowest BCUT2D eigenvalue weighted by Crippen LogP contribution is -2.46. The van der Waals surface area contributed by atoms with Gasteiger partial charge in [0.1, 0.15) is 5.82 Å². The molecule has 0 saturated carbocycles. The summed E-state index contributed by atoms with van der Waals surface area (Å²) < 4.78 is 5.15. The van der Waals surface area contributed by atoms with E-state index < -0.39 is 0 Å². The molecule has 3 N–H and O–H groups in total. The van der Waals surface area contributed by atoms with E-state index in [1.165, 1.54) is 64.1 Å². The number of phenolic OH excluding ortho intramolecular Hbond substituents is 2. The van der Waals surface area contributed by atoms with Gasteiger partial charge in [0.2, 0.25) is 5.75 Å². The van der Waals surface area contributed by atoms with Crippen LogP contribution in [0.1, 0.15) is 32.1 Å². The molecule has 2 aliphatic heterocycles. The highest BCUT2D eigenvalue weighted by atomic mass is 16.5. The van der Waals surface area contributed by atoms with Crippen molar-refractivity contribution in [1.82, 2.24) is 14.9 Å². The fourth-order valence-corrected chi connectivity index (χ4v) is 4.99. The van der Waals surface area contributed by atoms with Gasteiger partial charge in [-0.15, -0.1) is 0 Å². The van der Waals surface area contributed by atoms with Crippen molar-refractivity contribution in [3.8, 4) is 28.6 Å². The molecule has 7 heteroatoms. The predicted octanol–water partition coefficient (Wildman–Crippen LogP) is 4.10. The first-order valence-corrected chi connectivity index (χ1v) is 11.2. The molecule has 1 aromatic heterocycles. The summed E-state index contributed by atoms with van der Waals surface area (Å²) in [6.45, 7) is 4.70. The average molecular weight is 423 g/mol. The zero-order valence-corrected chi connectivity index (χ0v) is 18.0. The quantitative estimate of drug-likeness (QED) is 0.549. The van der Waals surface area contributed by atoms with Crippen molar-refractivity contribution >= 4 is 16.7 Å². The van der Waals surface area contributed by atoms with Crippen LogP contribution >= 0.6 is 0 Å². The van der Waals surface area contributed by atoms with Gasteiger partial charge in [-0.05, 0) is 69.1 Å². The molecule has 3 heterocycles. The summed E-state index contributed by atoms with van der Waals surface area (Å²) in [5, 5.41) is 19.9. The van der Waals surface area contributed by atoms with Crippen molar-refractivity contribution < 1.29 is 14.9 Å². The number of rotatable bonds is 4. The van der Waals surface area contributed by atoms with Gasteiger partial charge in [0.15, 0.2) is 11.5 Å². The van der Waals surface area contributed by atoms with E-state index in [1.807, 2.05) is 6.07 Å². The largest absolute Gasteiger partial charge is 0.504 e. The number of likely N-dealkylation sites (tertiary alicyclic amines) is 1. The van der Waals surface area contributed by atoms with Gasteiger partial charge >= 0.3 is 0 Å². The Morgan fingerprint density at radius 2 is 1.77 bits per heavy atom. The Kier molecular flexibility index (Phi) is 5.36. The van der Waals surface area contributed by atoms with E-state index in [9.17, 15) is 10.2 Å². The number of hydrogen-bond donors (Lipinski definition) is 3. The van der Waals surface area contributed by atoms with Crippen molar-refractivity contribution in [2.45, 2.75) is 38.1 Å². The number of hydrogen-bond acceptors (Lipinski definition) is 6. The molecule has 3 aromatic rings. The molecular weight excluding hydrogens is 392 g/mol. The Bertz CT molecular complexity index is 1070. The molecule has 0 unspecified atom stereocenters. The molecule has 7 nitrogen and oxygen atoms in total. The minimum Gasteiger partial charge on any atom is -0.504 e. The predicted molar refractivity (Wildman–Crippen MR) is 122 cm³/mol. The van der Waals surface area contributed by atoms with Gasteiger partial charge < -0.3 is 29.7 Å². The van der Waals surface area contributed by atoms with Crippen molar-refractivity contribution in [1.29, 1.82) is 0 Å². The number of ether oxygens (including phenoxy) is 1. The number of nitrogens with one attached hydrogen (secondary N) is 1. The third-order valence-corrected chi connectivity index (χ3v) is 6.75. The van der Waals surface area contributed by atoms with E-state index in [-0.39, 0.29) is 17.2 Å². The Morgan fingerprint density at radius 1 is 1.00 bits per heavy atom. The van der Waals surface area contributed by atoms with Crippen molar-refractivity contribution in [3.63, 3.8) is 0 Å². The molecule has 5 rings (SSSR count). The van der Waals surface area contributed by atoms with Crippen LogP contribution in [0, 0.1) is 0 Å². The second-order valence-corrected chi connectivity index (χ2v) is 8.65. The number of aromatic nitrogens is 2. The number of phenols is 2. The van der Waals surface area contributed by atoms with Crippen molar-refractivity contribution in [2.75, 3.05) is 38.2 Å². The summed E-state index contributed by atoms with van der Waals surface area (Å²) in [7, 11) is 1.46. The lowest BCUT2D eigenvalue weighted by molar-refractivity contribution is 0.141. The zero-order valence-electron chi connectivity index (χ0n) is 18.0. The van der Waals surface area contributed by atoms with Gasteiger partial charge in [-0.3, -0.25) is 0 Å². The molecule has 2 saturated heterocycles. The Labute approximate surface area is 182 Å². The number of aromatic hydroxyl groups is 2. The topological polar surface area (TPSA) is 84.9 Å². The molecule has 0 aliphatic carbocycles. The number of H-pyrrole nitrogens is 1. The summed E-state index contributed by atoms with van der Waals surface area (Å²) >= 11 is 0. The SMILES string of the molecule is COc1cc(-c2nc3ccc(N4CCC(N5CCCCC5)CC4)cc3[nH]2)cc(O)c1O. The number of benzene rings is 2. The minimum absolute atomic E-state index is 0.215. The summed E-state index contributed by atoms with van der Waals surface area (Å²) in [6, 6.07) is 10.2. The number of nitrogens with zero attached hydrogens (tertiary/aromatic N) is 3. The van der Waals surface area contributed by atoms with Crippen LogP contribution in [-0.2, 0) is 0 Å². The van der Waals surface area contributed by atoms with Crippen LogP contribution in [0.5, 0.6) is 17.2 Å². The van der Waals surface area contributed by atoms with Gasteiger partial charge in [-0.25, -0.2) is 4.98 Å². The van der Waals surface area contributed by atoms with Crippen LogP contribution in [0.15, 0.2) is 30.3 Å². The first-order chi connectivity index (χ1) is 15.1. The van der Waals surface area contributed by atoms with E-state index in [1.54, 1.807) is 6.07 Å². The van der Waals surface area contributed by atoms with Gasteiger partial charge in [0, 0.05) is 30.4 Å². The molecule has 0 spiro atoms. The average Bonchev–Trinajstić information content (AvgIpc) is 3.25. The smallest absolute Gasteiger partial charge is 0.200 e. The Hall–Kier alpha value is -2.93. The molecule has 2 aromatic carbocycles. The molecule has 0 atom stereocenters. The van der Waals surface area contributed by atoms with Crippen LogP contribution in [0.3, 0.4) is 0 Å². The maximum atomic E-state index is 10.00. The summed E-state index contributed by atoms with van der Waals surface area (Å²) in [4.78, 5) is 13.2. The van der Waals surface area contributed by atoms with Crippen LogP contribution < -0.4 is 9.64 Å². The van der Waals surface area contributed by atoms with Crippen molar-refractivity contribution in [3.05, 3.63) is 30.3 Å². The fourth-order valence-electron chi connectivity index (χ4n) is 4.99. The number of piperidine rings is 2. The number of methoxy groups -OCH3 is 1. The summed E-state index contributed by atoms with van der Waals surface area (Å²) in [5.74, 6) is 0.349. The second-order valence-electron chi connectivity index (χ2n) is 8.65. The maximum absolute atomic E-state index is 10.00. The van der Waals surface area contributed by atoms with Gasteiger partial charge in [-0.2, -0.15) is 0 Å². The molecule has 2 fully saturated rings. The highest BCUT2D eigenvalue weighted by Gasteiger charge is 2.26. The number of imidazole rings is 1. The van der Waals surface area contributed by atoms with Gasteiger partial charge in [0.05, 0.1) is 18.1 Å². The lowest BCUT2D eigenvalue weighted by atomic mass is 9.99. The normalized spacial score (nSPS) is 18.5. The molecule has 164 valence electrons. The van der Waals surface area contributed by atoms with Crippen LogP contribution in [0.25, 0.3) is 22.4 Å². The monoisotopic (exact) mass is 422 g/mol. The molecule has 31 heavy (non-hydrogen) atoms. The molecule has 0 bridgehead atoms. The Morgan fingerprint density at radius 3 is 2.52 bits per heavy atom. The standard InChI is InChI=1S/C24H30N4O3/c1-31-22-14-16(13-21(29)23(22)30)24-25-19-6-5-18(15-20(19)26-24)28-11-7-17(8-12-28)27-9-3-2-4-10-27/h5-6,13-15,17,29-30H,2-4,7-12H2,1H3,(H,25,26). The molecule has 0 amide bonds. The van der Waals surface area contributed by atoms with E-state index in [0.29, 0.717) is 11.4 Å². The van der Waals surface area contributed by atoms with Crippen LogP contribution in [0.4, 0.5) is 5.69 Å². The summed E-state index contributed by atoms with van der Waals surface area (Å²) in [5.41, 5.74) is 3.70. The number of anilines is 1. The van der Waals surface area contributed by atoms with E-state index in [2.05, 4.69) is 31.9 Å². The van der Waals surface area contributed by atoms with Gasteiger partial charge in [0.25, 0.3) is 0 Å². The third-order valence-electron chi connectivity index (χ3n) is 6.75. The first kappa shape index (κ1) is 20.0. The second kappa shape index (κ2) is 8.30.